The first-order valence-corrected chi connectivity index (χ1v) is 6.75. The molecular formula is C14H15N5O2. The highest BCUT2D eigenvalue weighted by molar-refractivity contribution is 6.01. The fourth-order valence-electron chi connectivity index (χ4n) is 2.43. The average molecular weight is 285 g/mol. The van der Waals surface area contributed by atoms with Crippen molar-refractivity contribution in [2.45, 2.75) is 18.8 Å². The number of anilines is 1. The maximum atomic E-state index is 12.3. The largest absolute Gasteiger partial charge is 0.355 e. The van der Waals surface area contributed by atoms with Gasteiger partial charge in [0.1, 0.15) is 0 Å². The molecule has 21 heavy (non-hydrogen) atoms. The third-order valence-corrected chi connectivity index (χ3v) is 3.46. The third-order valence-electron chi connectivity index (χ3n) is 3.46. The number of hydrogen-bond acceptors (Lipinski definition) is 4. The van der Waals surface area contributed by atoms with Crippen molar-refractivity contribution in [2.75, 3.05) is 11.9 Å². The molecule has 1 atom stereocenters. The van der Waals surface area contributed by atoms with Gasteiger partial charge in [0.05, 0.1) is 17.8 Å². The first kappa shape index (κ1) is 13.3. The number of fused-ring (bicyclic) bond motifs is 1. The summed E-state index contributed by atoms with van der Waals surface area (Å²) in [5, 5.41) is 15.8. The van der Waals surface area contributed by atoms with Crippen molar-refractivity contribution in [2.24, 2.45) is 0 Å². The number of amides is 2. The van der Waals surface area contributed by atoms with Crippen LogP contribution in [0, 0.1) is 0 Å². The Kier molecular flexibility index (Phi) is 3.63. The van der Waals surface area contributed by atoms with Crippen LogP contribution in [0.1, 0.15) is 23.6 Å². The van der Waals surface area contributed by atoms with Crippen LogP contribution in [0.4, 0.5) is 5.69 Å². The summed E-state index contributed by atoms with van der Waals surface area (Å²) in [7, 11) is 0. The minimum atomic E-state index is -0.438. The molecule has 0 aliphatic carbocycles. The fourth-order valence-corrected chi connectivity index (χ4v) is 2.43. The molecule has 0 bridgehead atoms. The average Bonchev–Trinajstić information content (AvgIpc) is 2.99. The van der Waals surface area contributed by atoms with E-state index in [0.717, 1.165) is 11.3 Å². The number of carbonyl (C=O) groups is 2. The van der Waals surface area contributed by atoms with Crippen molar-refractivity contribution in [3.05, 3.63) is 41.7 Å². The smallest absolute Gasteiger partial charge is 0.228 e. The number of nitrogens with one attached hydrogen (secondary N) is 3. The van der Waals surface area contributed by atoms with Gasteiger partial charge < -0.3 is 10.6 Å². The quantitative estimate of drug-likeness (QED) is 0.765. The first-order chi connectivity index (χ1) is 10.2. The van der Waals surface area contributed by atoms with Gasteiger partial charge in [0.25, 0.3) is 0 Å². The topological polar surface area (TPSA) is 99.8 Å². The Morgan fingerprint density at radius 1 is 1.38 bits per heavy atom. The van der Waals surface area contributed by atoms with Gasteiger partial charge in [-0.25, -0.2) is 0 Å². The number of para-hydroxylation sites is 1. The number of aromatic amines is 1. The molecule has 7 heteroatoms. The molecule has 7 nitrogen and oxygen atoms in total. The van der Waals surface area contributed by atoms with Crippen molar-refractivity contribution in [3.63, 3.8) is 0 Å². The number of H-pyrrole nitrogens is 1. The number of carbonyl (C=O) groups excluding carboxylic acids is 2. The van der Waals surface area contributed by atoms with E-state index in [9.17, 15) is 9.59 Å². The van der Waals surface area contributed by atoms with Crippen LogP contribution in [0.3, 0.4) is 0 Å². The molecule has 2 amide bonds. The molecule has 108 valence electrons. The molecule has 1 aromatic heterocycles. The number of nitrogens with zero attached hydrogens (tertiary/aromatic N) is 2. The second-order valence-corrected chi connectivity index (χ2v) is 4.89. The van der Waals surface area contributed by atoms with Gasteiger partial charge in [-0.05, 0) is 11.6 Å². The Labute approximate surface area is 121 Å². The van der Waals surface area contributed by atoms with E-state index in [0.29, 0.717) is 18.7 Å². The van der Waals surface area contributed by atoms with Gasteiger partial charge in [-0.15, -0.1) is 0 Å². The minimum Gasteiger partial charge on any atom is -0.355 e. The SMILES string of the molecule is O=C1C[C@@H](C(=O)NCCc2cn[nH]n2)c2ccccc2N1. The summed E-state index contributed by atoms with van der Waals surface area (Å²) in [5.74, 6) is -0.710. The summed E-state index contributed by atoms with van der Waals surface area (Å²) in [4.78, 5) is 24.0. The molecule has 0 saturated carbocycles. The molecule has 0 spiro atoms. The van der Waals surface area contributed by atoms with E-state index in [2.05, 4.69) is 26.0 Å². The molecule has 1 aliphatic rings. The third kappa shape index (κ3) is 2.91. The van der Waals surface area contributed by atoms with Crippen LogP contribution in [-0.2, 0) is 16.0 Å². The molecule has 3 rings (SSSR count). The molecule has 0 unspecified atom stereocenters. The summed E-state index contributed by atoms with van der Waals surface area (Å²) in [6.07, 6.45) is 2.39. The van der Waals surface area contributed by atoms with Gasteiger partial charge in [-0.1, -0.05) is 18.2 Å². The molecule has 1 aromatic carbocycles. The monoisotopic (exact) mass is 285 g/mol. The maximum Gasteiger partial charge on any atom is 0.228 e. The zero-order valence-electron chi connectivity index (χ0n) is 11.3. The van der Waals surface area contributed by atoms with Gasteiger partial charge in [-0.2, -0.15) is 15.4 Å². The van der Waals surface area contributed by atoms with Crippen molar-refractivity contribution < 1.29 is 9.59 Å². The van der Waals surface area contributed by atoms with E-state index < -0.39 is 5.92 Å². The normalized spacial score (nSPS) is 17.0. The number of hydrogen-bond donors (Lipinski definition) is 3. The number of benzene rings is 1. The van der Waals surface area contributed by atoms with E-state index in [4.69, 9.17) is 0 Å². The van der Waals surface area contributed by atoms with E-state index in [1.165, 1.54) is 0 Å². The molecule has 2 heterocycles. The molecule has 0 saturated heterocycles. The minimum absolute atomic E-state index is 0.134. The lowest BCUT2D eigenvalue weighted by molar-refractivity contribution is -0.126. The van der Waals surface area contributed by atoms with Crippen molar-refractivity contribution >= 4 is 17.5 Å². The summed E-state index contributed by atoms with van der Waals surface area (Å²) in [6.45, 7) is 0.464. The Morgan fingerprint density at radius 2 is 2.24 bits per heavy atom. The van der Waals surface area contributed by atoms with Crippen LogP contribution >= 0.6 is 0 Å². The molecule has 2 aromatic rings. The zero-order chi connectivity index (χ0) is 14.7. The summed E-state index contributed by atoms with van der Waals surface area (Å²) in [5.41, 5.74) is 2.36. The molecule has 0 radical (unpaired) electrons. The van der Waals surface area contributed by atoms with Crippen LogP contribution < -0.4 is 10.6 Å². The number of rotatable bonds is 4. The Balaban J connectivity index is 1.65. The van der Waals surface area contributed by atoms with Crippen LogP contribution in [-0.4, -0.2) is 33.8 Å². The summed E-state index contributed by atoms with van der Waals surface area (Å²) in [6, 6.07) is 7.38. The Hall–Kier alpha value is -2.70. The van der Waals surface area contributed by atoms with Crippen molar-refractivity contribution in [3.8, 4) is 0 Å². The molecule has 1 aliphatic heterocycles. The van der Waals surface area contributed by atoms with E-state index in [1.807, 2.05) is 24.3 Å². The predicted octanol–water partition coefficient (Wildman–Crippen LogP) is 0.589. The van der Waals surface area contributed by atoms with Gasteiger partial charge >= 0.3 is 0 Å². The van der Waals surface area contributed by atoms with Gasteiger partial charge in [0.15, 0.2) is 0 Å². The highest BCUT2D eigenvalue weighted by Crippen LogP contribution is 2.31. The Bertz CT molecular complexity index is 653. The van der Waals surface area contributed by atoms with E-state index >= 15 is 0 Å². The lowest BCUT2D eigenvalue weighted by Crippen LogP contribution is -2.35. The lowest BCUT2D eigenvalue weighted by Gasteiger charge is -2.24. The van der Waals surface area contributed by atoms with Crippen molar-refractivity contribution in [1.82, 2.24) is 20.7 Å². The summed E-state index contributed by atoms with van der Waals surface area (Å²) < 4.78 is 0. The second-order valence-electron chi connectivity index (χ2n) is 4.89. The highest BCUT2D eigenvalue weighted by atomic mass is 16.2. The first-order valence-electron chi connectivity index (χ1n) is 6.75. The van der Waals surface area contributed by atoms with Crippen LogP contribution in [0.15, 0.2) is 30.5 Å². The molecule has 3 N–H and O–H groups in total. The Morgan fingerprint density at radius 3 is 3.05 bits per heavy atom. The van der Waals surface area contributed by atoms with E-state index in [1.54, 1.807) is 6.20 Å². The van der Waals surface area contributed by atoms with E-state index in [-0.39, 0.29) is 18.2 Å². The lowest BCUT2D eigenvalue weighted by atomic mass is 9.90. The second kappa shape index (κ2) is 5.74. The zero-order valence-corrected chi connectivity index (χ0v) is 11.3. The van der Waals surface area contributed by atoms with Crippen LogP contribution in [0.25, 0.3) is 0 Å². The molecule has 0 fully saturated rings. The summed E-state index contributed by atoms with van der Waals surface area (Å²) >= 11 is 0. The fraction of sp³-hybridized carbons (Fsp3) is 0.286. The highest BCUT2D eigenvalue weighted by Gasteiger charge is 2.30. The molecular weight excluding hydrogens is 270 g/mol. The van der Waals surface area contributed by atoms with Gasteiger partial charge in [0.2, 0.25) is 11.8 Å². The predicted molar refractivity (Wildman–Crippen MR) is 75.5 cm³/mol. The van der Waals surface area contributed by atoms with Crippen LogP contribution in [0.2, 0.25) is 0 Å². The standard InChI is InChI=1S/C14H15N5O2/c20-13-7-11(10-3-1-2-4-12(10)17-13)14(21)15-6-5-9-8-16-19-18-9/h1-4,8,11H,5-7H2,(H,15,21)(H,17,20)(H,16,18,19)/t11-/m1/s1. The van der Waals surface area contributed by atoms with Crippen molar-refractivity contribution in [1.29, 1.82) is 0 Å². The van der Waals surface area contributed by atoms with Gasteiger partial charge in [-0.3, -0.25) is 9.59 Å². The number of aromatic nitrogens is 3. The van der Waals surface area contributed by atoms with Crippen LogP contribution in [0.5, 0.6) is 0 Å². The van der Waals surface area contributed by atoms with Gasteiger partial charge in [0, 0.05) is 25.1 Å². The maximum absolute atomic E-state index is 12.3.